The molecule has 1 aromatic carbocycles. The minimum Gasteiger partial charge on any atom is -0.467 e. The molecule has 6 atom stereocenters. The highest BCUT2D eigenvalue weighted by atomic mass is 16.7. The molecular weight excluding hydrogens is 426 g/mol. The van der Waals surface area contributed by atoms with Gasteiger partial charge in [-0.05, 0) is 5.56 Å². The molecule has 1 unspecified atom stereocenters. The SMILES string of the molecule is COC(=O)[C@H]1O[C@@H](OC(C#N)c2ccccc2)[C@H](OC(C)=O)[C@@H](OC(C)=O)[C@@H]1OC(C)=O. The molecule has 0 aromatic heterocycles. The van der Waals surface area contributed by atoms with Crippen molar-refractivity contribution in [2.75, 3.05) is 7.11 Å². The van der Waals surface area contributed by atoms with E-state index >= 15 is 0 Å². The van der Waals surface area contributed by atoms with Gasteiger partial charge in [-0.1, -0.05) is 30.3 Å². The molecule has 0 amide bonds. The molecular formula is C21H23NO10. The average molecular weight is 449 g/mol. The summed E-state index contributed by atoms with van der Waals surface area (Å²) in [7, 11) is 1.08. The topological polar surface area (TPSA) is 147 Å². The first-order chi connectivity index (χ1) is 15.2. The Bertz CT molecular complexity index is 880. The fourth-order valence-corrected chi connectivity index (χ4v) is 3.13. The van der Waals surface area contributed by atoms with E-state index in [1.54, 1.807) is 30.3 Å². The second-order valence-electron chi connectivity index (χ2n) is 6.73. The highest BCUT2D eigenvalue weighted by molar-refractivity contribution is 5.77. The van der Waals surface area contributed by atoms with Crippen LogP contribution in [0.15, 0.2) is 30.3 Å². The van der Waals surface area contributed by atoms with Crippen molar-refractivity contribution in [1.29, 1.82) is 5.26 Å². The average Bonchev–Trinajstić information content (AvgIpc) is 2.74. The van der Waals surface area contributed by atoms with Crippen LogP contribution in [-0.2, 0) is 47.6 Å². The van der Waals surface area contributed by atoms with E-state index in [-0.39, 0.29) is 0 Å². The van der Waals surface area contributed by atoms with Crippen molar-refractivity contribution in [1.82, 2.24) is 0 Å². The molecule has 1 saturated heterocycles. The van der Waals surface area contributed by atoms with Gasteiger partial charge in [-0.2, -0.15) is 5.26 Å². The number of rotatable bonds is 7. The first kappa shape index (κ1) is 24.8. The van der Waals surface area contributed by atoms with Crippen LogP contribution in [0.1, 0.15) is 32.4 Å². The molecule has 0 bridgehead atoms. The standard InChI is InChI=1S/C21H23NO10/c1-11(23)28-16-17(29-12(2)24)19(30-13(3)25)21(32-18(16)20(26)27-4)31-15(10-22)14-8-6-5-7-9-14/h5-9,15-19,21H,1-4H3/t15?,16-,17-,18-,19+,21+/m0/s1. The molecule has 1 aliphatic rings. The van der Waals surface area contributed by atoms with Gasteiger partial charge in [0.1, 0.15) is 0 Å². The van der Waals surface area contributed by atoms with Crippen LogP contribution in [0.25, 0.3) is 0 Å². The number of nitriles is 1. The van der Waals surface area contributed by atoms with E-state index in [9.17, 15) is 24.4 Å². The van der Waals surface area contributed by atoms with Gasteiger partial charge in [-0.3, -0.25) is 14.4 Å². The number of hydrogen-bond donors (Lipinski definition) is 0. The Morgan fingerprint density at radius 2 is 1.44 bits per heavy atom. The molecule has 11 heteroatoms. The number of methoxy groups -OCH3 is 1. The maximum absolute atomic E-state index is 12.4. The van der Waals surface area contributed by atoms with Gasteiger partial charge in [0, 0.05) is 20.8 Å². The summed E-state index contributed by atoms with van der Waals surface area (Å²) in [5, 5.41) is 9.60. The van der Waals surface area contributed by atoms with E-state index < -0.39 is 60.7 Å². The van der Waals surface area contributed by atoms with E-state index in [1.807, 2.05) is 6.07 Å². The Balaban J connectivity index is 2.50. The number of carbonyl (C=O) groups excluding carboxylic acids is 4. The smallest absolute Gasteiger partial charge is 0.339 e. The first-order valence-electron chi connectivity index (χ1n) is 9.52. The van der Waals surface area contributed by atoms with Crippen LogP contribution in [0.3, 0.4) is 0 Å². The van der Waals surface area contributed by atoms with Crippen LogP contribution in [0.4, 0.5) is 0 Å². The second kappa shape index (κ2) is 11.2. The van der Waals surface area contributed by atoms with E-state index in [1.165, 1.54) is 0 Å². The quantitative estimate of drug-likeness (QED) is 0.433. The highest BCUT2D eigenvalue weighted by Crippen LogP contribution is 2.33. The zero-order valence-electron chi connectivity index (χ0n) is 17.9. The largest absolute Gasteiger partial charge is 0.467 e. The Labute approximate surface area is 184 Å². The monoisotopic (exact) mass is 449 g/mol. The molecule has 11 nitrogen and oxygen atoms in total. The van der Waals surface area contributed by atoms with E-state index in [0.29, 0.717) is 5.56 Å². The lowest BCUT2D eigenvalue weighted by atomic mass is 9.97. The maximum atomic E-state index is 12.4. The lowest BCUT2D eigenvalue weighted by Crippen LogP contribution is -2.63. The molecule has 0 N–H and O–H groups in total. The van der Waals surface area contributed by atoms with Crippen LogP contribution in [0, 0.1) is 11.3 Å². The molecule has 2 rings (SSSR count). The number of hydrogen-bond acceptors (Lipinski definition) is 11. The molecule has 1 aliphatic heterocycles. The number of nitrogens with zero attached hydrogens (tertiary/aromatic N) is 1. The summed E-state index contributed by atoms with van der Waals surface area (Å²) >= 11 is 0. The fraction of sp³-hybridized carbons (Fsp3) is 0.476. The molecule has 32 heavy (non-hydrogen) atoms. The summed E-state index contributed by atoms with van der Waals surface area (Å²) in [4.78, 5) is 47.6. The molecule has 1 fully saturated rings. The van der Waals surface area contributed by atoms with Crippen molar-refractivity contribution in [2.45, 2.75) is 57.6 Å². The lowest BCUT2D eigenvalue weighted by Gasteiger charge is -2.43. The molecule has 1 heterocycles. The van der Waals surface area contributed by atoms with Gasteiger partial charge in [-0.15, -0.1) is 0 Å². The van der Waals surface area contributed by atoms with Crippen molar-refractivity contribution in [2.24, 2.45) is 0 Å². The molecule has 0 saturated carbocycles. The van der Waals surface area contributed by atoms with Crippen molar-refractivity contribution >= 4 is 23.9 Å². The molecule has 0 spiro atoms. The molecule has 1 aromatic rings. The first-order valence-corrected chi connectivity index (χ1v) is 9.52. The summed E-state index contributed by atoms with van der Waals surface area (Å²) in [6, 6.07) is 10.3. The number of esters is 4. The van der Waals surface area contributed by atoms with Crippen LogP contribution < -0.4 is 0 Å². The van der Waals surface area contributed by atoms with Gasteiger partial charge in [0.2, 0.25) is 6.29 Å². The summed E-state index contributed by atoms with van der Waals surface area (Å²) in [5.41, 5.74) is 0.459. The third kappa shape index (κ3) is 6.26. The molecule has 0 aliphatic carbocycles. The Kier molecular flexibility index (Phi) is 8.69. The van der Waals surface area contributed by atoms with E-state index in [4.69, 9.17) is 28.4 Å². The molecule has 172 valence electrons. The fourth-order valence-electron chi connectivity index (χ4n) is 3.13. The van der Waals surface area contributed by atoms with Crippen molar-refractivity contribution in [3.63, 3.8) is 0 Å². The maximum Gasteiger partial charge on any atom is 0.339 e. The van der Waals surface area contributed by atoms with Crippen molar-refractivity contribution < 1.29 is 47.6 Å². The summed E-state index contributed by atoms with van der Waals surface area (Å²) in [6.07, 6.45) is -8.81. The van der Waals surface area contributed by atoms with Gasteiger partial charge in [0.05, 0.1) is 13.2 Å². The summed E-state index contributed by atoms with van der Waals surface area (Å²) in [6.45, 7) is 3.24. The third-order valence-electron chi connectivity index (χ3n) is 4.32. The number of benzene rings is 1. The van der Waals surface area contributed by atoms with Crippen LogP contribution in [-0.4, -0.2) is 61.7 Å². The summed E-state index contributed by atoms with van der Waals surface area (Å²) in [5.74, 6) is -3.38. The predicted octanol–water partition coefficient (Wildman–Crippen LogP) is 0.961. The van der Waals surface area contributed by atoms with Gasteiger partial charge in [0.25, 0.3) is 0 Å². The van der Waals surface area contributed by atoms with Crippen LogP contribution >= 0.6 is 0 Å². The van der Waals surface area contributed by atoms with Gasteiger partial charge in [-0.25, -0.2) is 4.79 Å². The Hall–Kier alpha value is -3.49. The van der Waals surface area contributed by atoms with Crippen LogP contribution in [0.5, 0.6) is 0 Å². The van der Waals surface area contributed by atoms with Gasteiger partial charge in [0.15, 0.2) is 30.5 Å². The zero-order chi connectivity index (χ0) is 23.8. The zero-order valence-corrected chi connectivity index (χ0v) is 17.9. The lowest BCUT2D eigenvalue weighted by molar-refractivity contribution is -0.307. The minimum atomic E-state index is -1.60. The van der Waals surface area contributed by atoms with Gasteiger partial charge < -0.3 is 28.4 Å². The Morgan fingerprint density at radius 1 is 0.906 bits per heavy atom. The van der Waals surface area contributed by atoms with Crippen molar-refractivity contribution in [3.8, 4) is 6.07 Å². The predicted molar refractivity (Wildman–Crippen MR) is 103 cm³/mol. The van der Waals surface area contributed by atoms with Crippen LogP contribution in [0.2, 0.25) is 0 Å². The minimum absolute atomic E-state index is 0.459. The Morgan fingerprint density at radius 3 is 1.94 bits per heavy atom. The van der Waals surface area contributed by atoms with Crippen molar-refractivity contribution in [3.05, 3.63) is 35.9 Å². The highest BCUT2D eigenvalue weighted by Gasteiger charge is 2.55. The molecule has 0 radical (unpaired) electrons. The number of carbonyl (C=O) groups is 4. The van der Waals surface area contributed by atoms with Gasteiger partial charge >= 0.3 is 23.9 Å². The number of ether oxygens (including phenoxy) is 6. The third-order valence-corrected chi connectivity index (χ3v) is 4.32. The second-order valence-corrected chi connectivity index (χ2v) is 6.73. The van der Waals surface area contributed by atoms with E-state index in [0.717, 1.165) is 27.9 Å². The van der Waals surface area contributed by atoms with E-state index in [2.05, 4.69) is 0 Å². The normalized spacial score (nSPS) is 25.5. The summed E-state index contributed by atoms with van der Waals surface area (Å²) < 4.78 is 31.7.